The van der Waals surface area contributed by atoms with E-state index in [4.69, 9.17) is 19.9 Å². The Morgan fingerprint density at radius 2 is 0.451 bits per heavy atom. The van der Waals surface area contributed by atoms with Crippen molar-refractivity contribution in [3.63, 3.8) is 0 Å². The second kappa shape index (κ2) is 51.3. The van der Waals surface area contributed by atoms with Crippen LogP contribution in [0.4, 0.5) is 0 Å². The SMILES string of the molecule is CCCCCCCCCCCCc1cc(C)sc1-c1nc2sc(-c3sc(-c4cc(CC(CCCCCCCC)CCCCCCCCCC)c(-c5nc6sc(-c7sc(C)cc7CC(CCCCCCCC)CCCCCCCCCC)nc6s5)s4)cc3CCCCCCCCCCCC)nc2s1. The molecule has 0 bridgehead atoms. The fourth-order valence-electron chi connectivity index (χ4n) is 15.8. The fraction of sp³-hybridized carbons (Fsp3) is 0.733. The van der Waals surface area contributed by atoms with Crippen molar-refractivity contribution < 1.29 is 0 Å². The van der Waals surface area contributed by atoms with Crippen LogP contribution in [0.15, 0.2) is 24.3 Å². The van der Waals surface area contributed by atoms with Crippen LogP contribution < -0.4 is 0 Å². The summed E-state index contributed by atoms with van der Waals surface area (Å²) in [6, 6.07) is 10.3. The summed E-state index contributed by atoms with van der Waals surface area (Å²) in [5.74, 6) is 1.43. The number of rotatable bonds is 63. The number of fused-ring (bicyclic) bond motifs is 2. The van der Waals surface area contributed by atoms with Crippen LogP contribution in [-0.2, 0) is 25.7 Å². The molecule has 0 aliphatic heterocycles. The average molecular weight is 1540 g/mol. The zero-order valence-electron chi connectivity index (χ0n) is 66.1. The molecule has 8 rings (SSSR count). The highest BCUT2D eigenvalue weighted by Crippen LogP contribution is 2.50. The van der Waals surface area contributed by atoms with E-state index in [0.29, 0.717) is 5.92 Å². The molecule has 0 amide bonds. The second-order valence-corrected chi connectivity index (χ2v) is 39.8. The molecule has 570 valence electrons. The van der Waals surface area contributed by atoms with Crippen LogP contribution in [0.3, 0.4) is 0 Å². The van der Waals surface area contributed by atoms with Crippen LogP contribution in [0, 0.1) is 25.7 Å². The Balaban J connectivity index is 1.07. The monoisotopic (exact) mass is 1530 g/mol. The molecular weight excluding hydrogens is 1390 g/mol. The van der Waals surface area contributed by atoms with Gasteiger partial charge in [0.2, 0.25) is 0 Å². The summed E-state index contributed by atoms with van der Waals surface area (Å²) >= 11 is 15.4. The van der Waals surface area contributed by atoms with Crippen LogP contribution in [0.2, 0.25) is 0 Å². The van der Waals surface area contributed by atoms with Crippen LogP contribution in [0.25, 0.3) is 68.6 Å². The summed E-state index contributed by atoms with van der Waals surface area (Å²) in [5, 5.41) is 4.74. The molecule has 0 aliphatic rings. The van der Waals surface area contributed by atoms with Gasteiger partial charge < -0.3 is 0 Å². The lowest BCUT2D eigenvalue weighted by Gasteiger charge is -2.17. The molecule has 0 radical (unpaired) electrons. The van der Waals surface area contributed by atoms with Crippen molar-refractivity contribution in [2.45, 2.75) is 415 Å². The molecule has 0 saturated heterocycles. The van der Waals surface area contributed by atoms with Gasteiger partial charge >= 0.3 is 0 Å². The molecule has 12 heteroatoms. The highest BCUT2D eigenvalue weighted by atomic mass is 32.1. The van der Waals surface area contributed by atoms with Gasteiger partial charge in [0, 0.05) is 19.5 Å². The maximum absolute atomic E-state index is 5.71. The van der Waals surface area contributed by atoms with Gasteiger partial charge in [-0.15, -0.1) is 45.3 Å². The summed E-state index contributed by atoms with van der Waals surface area (Å²) in [6.07, 6.45) is 76.0. The lowest BCUT2D eigenvalue weighted by molar-refractivity contribution is 0.401. The minimum atomic E-state index is 0.685. The van der Waals surface area contributed by atoms with Gasteiger partial charge in [0.1, 0.15) is 20.0 Å². The maximum Gasteiger partial charge on any atom is 0.155 e. The molecular formula is C90H142N4S8. The van der Waals surface area contributed by atoms with Crippen molar-refractivity contribution in [3.05, 3.63) is 56.3 Å². The number of thiazole rings is 4. The zero-order valence-corrected chi connectivity index (χ0v) is 72.6. The minimum Gasteiger partial charge on any atom is -0.222 e. The third-order valence-electron chi connectivity index (χ3n) is 21.9. The zero-order chi connectivity index (χ0) is 71.6. The van der Waals surface area contributed by atoms with Gasteiger partial charge in [-0.2, -0.15) is 0 Å². The quantitative estimate of drug-likeness (QED) is 0.0357. The van der Waals surface area contributed by atoms with E-state index in [1.807, 2.05) is 90.7 Å². The van der Waals surface area contributed by atoms with Crippen molar-refractivity contribution in [1.29, 1.82) is 0 Å². The highest BCUT2D eigenvalue weighted by molar-refractivity contribution is 7.34. The van der Waals surface area contributed by atoms with Crippen LogP contribution in [0.5, 0.6) is 0 Å². The van der Waals surface area contributed by atoms with E-state index in [0.717, 1.165) is 44.5 Å². The molecule has 102 heavy (non-hydrogen) atoms. The molecule has 8 aromatic heterocycles. The van der Waals surface area contributed by atoms with Gasteiger partial charge in [0.15, 0.2) is 19.3 Å². The number of thiophene rings is 4. The van der Waals surface area contributed by atoms with Gasteiger partial charge in [-0.25, -0.2) is 19.9 Å². The van der Waals surface area contributed by atoms with E-state index >= 15 is 0 Å². The van der Waals surface area contributed by atoms with Crippen molar-refractivity contribution in [2.75, 3.05) is 0 Å². The number of hydrogen-bond acceptors (Lipinski definition) is 12. The second-order valence-electron chi connectivity index (χ2n) is 31.3. The average Bonchev–Trinajstić information content (AvgIpc) is 1.62. The third-order valence-corrected chi connectivity index (χ3v) is 31.3. The van der Waals surface area contributed by atoms with Gasteiger partial charge in [0.25, 0.3) is 0 Å². The fourth-order valence-corrected chi connectivity index (χ4v) is 24.9. The first-order valence-corrected chi connectivity index (χ1v) is 49.8. The van der Waals surface area contributed by atoms with E-state index in [-0.39, 0.29) is 0 Å². The van der Waals surface area contributed by atoms with Crippen molar-refractivity contribution in [1.82, 2.24) is 19.9 Å². The predicted octanol–water partition coefficient (Wildman–Crippen LogP) is 34.8. The maximum atomic E-state index is 5.71. The van der Waals surface area contributed by atoms with Crippen molar-refractivity contribution in [3.8, 4) is 49.3 Å². The first-order valence-electron chi connectivity index (χ1n) is 43.2. The van der Waals surface area contributed by atoms with Gasteiger partial charge in [0.05, 0.1) is 19.5 Å². The molecule has 4 nitrogen and oxygen atoms in total. The Morgan fingerprint density at radius 3 is 0.755 bits per heavy atom. The Hall–Kier alpha value is -2.16. The Labute approximate surface area is 656 Å². The largest absolute Gasteiger partial charge is 0.222 e. The molecule has 0 saturated carbocycles. The lowest BCUT2D eigenvalue weighted by atomic mass is 9.88. The smallest absolute Gasteiger partial charge is 0.155 e. The summed E-state index contributed by atoms with van der Waals surface area (Å²) in [6.45, 7) is 18.6. The van der Waals surface area contributed by atoms with Crippen molar-refractivity contribution in [2.24, 2.45) is 11.8 Å². The van der Waals surface area contributed by atoms with Crippen LogP contribution >= 0.6 is 90.7 Å². The molecule has 0 fully saturated rings. The molecule has 0 spiro atoms. The number of unbranched alkanes of at least 4 members (excludes halogenated alkanes) is 42. The van der Waals surface area contributed by atoms with Gasteiger partial charge in [-0.3, -0.25) is 0 Å². The first-order chi connectivity index (χ1) is 50.2. The van der Waals surface area contributed by atoms with Crippen LogP contribution in [0.1, 0.15) is 407 Å². The molecule has 0 N–H and O–H groups in total. The van der Waals surface area contributed by atoms with E-state index in [2.05, 4.69) is 79.7 Å². The van der Waals surface area contributed by atoms with Crippen molar-refractivity contribution >= 4 is 110 Å². The molecule has 8 aromatic rings. The minimum absolute atomic E-state index is 0.685. The van der Waals surface area contributed by atoms with E-state index < -0.39 is 0 Å². The lowest BCUT2D eigenvalue weighted by Crippen LogP contribution is -2.06. The Bertz CT molecular complexity index is 3360. The molecule has 2 atom stereocenters. The number of aryl methyl sites for hydroxylation is 4. The van der Waals surface area contributed by atoms with E-state index in [9.17, 15) is 0 Å². The Morgan fingerprint density at radius 1 is 0.235 bits per heavy atom. The summed E-state index contributed by atoms with van der Waals surface area (Å²) in [4.78, 5) is 38.1. The van der Waals surface area contributed by atoms with E-state index in [1.54, 1.807) is 5.56 Å². The number of nitrogens with zero attached hydrogens (tertiary/aromatic N) is 4. The normalized spacial score (nSPS) is 12.7. The van der Waals surface area contributed by atoms with Crippen LogP contribution in [-0.4, -0.2) is 19.9 Å². The third kappa shape index (κ3) is 30.4. The molecule has 8 heterocycles. The molecule has 0 aliphatic carbocycles. The number of aromatic nitrogens is 4. The highest BCUT2D eigenvalue weighted by Gasteiger charge is 2.27. The first kappa shape index (κ1) is 85.4. The molecule has 2 unspecified atom stereocenters. The predicted molar refractivity (Wildman–Crippen MR) is 468 cm³/mol. The summed E-state index contributed by atoms with van der Waals surface area (Å²) < 4.78 is 0. The number of hydrogen-bond donors (Lipinski definition) is 0. The van der Waals surface area contributed by atoms with E-state index in [1.165, 1.54) is 416 Å². The van der Waals surface area contributed by atoms with Gasteiger partial charge in [-0.1, -0.05) is 408 Å². The summed E-state index contributed by atoms with van der Waals surface area (Å²) in [5.41, 5.74) is 6.07. The summed E-state index contributed by atoms with van der Waals surface area (Å²) in [7, 11) is 0. The topological polar surface area (TPSA) is 51.6 Å². The molecule has 0 aromatic carbocycles. The Kier molecular flexibility index (Phi) is 43.0. The standard InChI is InChI=1S/C90H142N4S8/c1-9-15-21-27-33-37-39-43-49-55-61-73-63-69(7)95-79(73)83-91-87-88(99-83)92-84(100-87)80-74(62-56-50-44-40-38-34-28-22-16-10-2)67-77(97-80)78-68-76(66-72(59-52-46-32-26-20-14-6)60-54-48-42-36-30-24-18-12-4)82(98-78)86-94-90-89(102-86)93-85(101-90)81-75(64-70(8)96-81)65-71(57-51-45-31-25-19-13-5)58-53-47-41-35-29-23-17-11-3/h63-64,67-68,71-72H,9-62,65-66H2,1-8H3. The van der Waals surface area contributed by atoms with Gasteiger partial charge in [-0.05, 0) is 111 Å².